The minimum absolute atomic E-state index is 0.0571. The van der Waals surface area contributed by atoms with Crippen molar-refractivity contribution in [1.29, 1.82) is 0 Å². The Morgan fingerprint density at radius 1 is 1.00 bits per heavy atom. The summed E-state index contributed by atoms with van der Waals surface area (Å²) in [4.78, 5) is 0. The molecular formula is C18H22FNO2. The average molecular weight is 303 g/mol. The van der Waals surface area contributed by atoms with Gasteiger partial charge in [-0.3, -0.25) is 0 Å². The van der Waals surface area contributed by atoms with Crippen LogP contribution in [0.4, 0.5) is 4.39 Å². The third kappa shape index (κ3) is 4.21. The standard InChI is InChI=1S/C18H22FNO2/c1-13(2)22-18-15(8-6-10-17(18)21-3)12-20-11-14-7-4-5-9-16(14)19/h4-10,13,20H,11-12H2,1-3H3. The van der Waals surface area contributed by atoms with Gasteiger partial charge in [-0.1, -0.05) is 30.3 Å². The largest absolute Gasteiger partial charge is 0.493 e. The molecule has 0 radical (unpaired) electrons. The maximum absolute atomic E-state index is 13.6. The summed E-state index contributed by atoms with van der Waals surface area (Å²) in [6, 6.07) is 12.5. The van der Waals surface area contributed by atoms with Crippen molar-refractivity contribution in [2.45, 2.75) is 33.0 Å². The highest BCUT2D eigenvalue weighted by Crippen LogP contribution is 2.32. The lowest BCUT2D eigenvalue weighted by molar-refractivity contribution is 0.227. The monoisotopic (exact) mass is 303 g/mol. The van der Waals surface area contributed by atoms with Gasteiger partial charge < -0.3 is 14.8 Å². The van der Waals surface area contributed by atoms with E-state index in [1.54, 1.807) is 19.2 Å². The van der Waals surface area contributed by atoms with E-state index in [1.807, 2.05) is 38.1 Å². The van der Waals surface area contributed by atoms with Crippen molar-refractivity contribution in [2.24, 2.45) is 0 Å². The van der Waals surface area contributed by atoms with Crippen LogP contribution in [-0.2, 0) is 13.1 Å². The predicted molar refractivity (Wildman–Crippen MR) is 85.7 cm³/mol. The Balaban J connectivity index is 2.07. The fourth-order valence-corrected chi connectivity index (χ4v) is 2.20. The first-order chi connectivity index (χ1) is 10.6. The summed E-state index contributed by atoms with van der Waals surface area (Å²) in [6.07, 6.45) is 0.0571. The zero-order chi connectivity index (χ0) is 15.9. The van der Waals surface area contributed by atoms with Crippen LogP contribution in [-0.4, -0.2) is 13.2 Å². The van der Waals surface area contributed by atoms with Gasteiger partial charge in [0.05, 0.1) is 13.2 Å². The second-order valence-electron chi connectivity index (χ2n) is 5.31. The van der Waals surface area contributed by atoms with Gasteiger partial charge in [0, 0.05) is 24.2 Å². The Bertz CT molecular complexity index is 614. The van der Waals surface area contributed by atoms with Crippen molar-refractivity contribution in [1.82, 2.24) is 5.32 Å². The molecule has 4 heteroatoms. The quantitative estimate of drug-likeness (QED) is 0.841. The summed E-state index contributed by atoms with van der Waals surface area (Å²) in [5, 5.41) is 3.25. The fourth-order valence-electron chi connectivity index (χ4n) is 2.20. The molecule has 0 aromatic heterocycles. The van der Waals surface area contributed by atoms with Crippen LogP contribution in [0.2, 0.25) is 0 Å². The van der Waals surface area contributed by atoms with Gasteiger partial charge >= 0.3 is 0 Å². The molecule has 3 nitrogen and oxygen atoms in total. The Morgan fingerprint density at radius 3 is 2.36 bits per heavy atom. The summed E-state index contributed by atoms with van der Waals surface area (Å²) in [5.74, 6) is 1.25. The molecule has 2 rings (SSSR count). The molecule has 0 atom stereocenters. The molecule has 0 fully saturated rings. The smallest absolute Gasteiger partial charge is 0.166 e. The average Bonchev–Trinajstić information content (AvgIpc) is 2.50. The Morgan fingerprint density at radius 2 is 1.68 bits per heavy atom. The second kappa shape index (κ2) is 7.80. The number of rotatable bonds is 7. The second-order valence-corrected chi connectivity index (χ2v) is 5.31. The van der Waals surface area contributed by atoms with Crippen LogP contribution >= 0.6 is 0 Å². The molecule has 1 N–H and O–H groups in total. The first-order valence-electron chi connectivity index (χ1n) is 7.38. The topological polar surface area (TPSA) is 30.5 Å². The third-order valence-electron chi connectivity index (χ3n) is 3.22. The zero-order valence-corrected chi connectivity index (χ0v) is 13.2. The minimum Gasteiger partial charge on any atom is -0.493 e. The maximum Gasteiger partial charge on any atom is 0.166 e. The zero-order valence-electron chi connectivity index (χ0n) is 13.2. The van der Waals surface area contributed by atoms with E-state index in [2.05, 4.69) is 5.32 Å². The lowest BCUT2D eigenvalue weighted by Gasteiger charge is -2.17. The van der Waals surface area contributed by atoms with Gasteiger partial charge in [-0.25, -0.2) is 4.39 Å². The van der Waals surface area contributed by atoms with Crippen LogP contribution in [0.3, 0.4) is 0 Å². The predicted octanol–water partition coefficient (Wildman–Crippen LogP) is 3.91. The Hall–Kier alpha value is -2.07. The number of methoxy groups -OCH3 is 1. The molecule has 0 aliphatic rings. The number of para-hydroxylation sites is 1. The van der Waals surface area contributed by atoms with Crippen LogP contribution in [0.1, 0.15) is 25.0 Å². The van der Waals surface area contributed by atoms with Gasteiger partial charge in [0.1, 0.15) is 5.82 Å². The number of hydrogen-bond donors (Lipinski definition) is 1. The highest BCUT2D eigenvalue weighted by atomic mass is 19.1. The van der Waals surface area contributed by atoms with E-state index in [1.165, 1.54) is 6.07 Å². The Labute approximate surface area is 131 Å². The highest BCUT2D eigenvalue weighted by Gasteiger charge is 2.12. The fraction of sp³-hybridized carbons (Fsp3) is 0.333. The van der Waals surface area contributed by atoms with Crippen LogP contribution < -0.4 is 14.8 Å². The lowest BCUT2D eigenvalue weighted by Crippen LogP contribution is -2.16. The van der Waals surface area contributed by atoms with Crippen molar-refractivity contribution < 1.29 is 13.9 Å². The summed E-state index contributed by atoms with van der Waals surface area (Å²) in [5.41, 5.74) is 1.64. The molecule has 0 bridgehead atoms. The molecule has 0 saturated heterocycles. The Kier molecular flexibility index (Phi) is 5.78. The summed E-state index contributed by atoms with van der Waals surface area (Å²) in [7, 11) is 1.62. The van der Waals surface area contributed by atoms with Crippen molar-refractivity contribution >= 4 is 0 Å². The number of hydrogen-bond acceptors (Lipinski definition) is 3. The van der Waals surface area contributed by atoms with Gasteiger partial charge in [-0.05, 0) is 26.0 Å². The molecule has 2 aromatic carbocycles. The van der Waals surface area contributed by atoms with E-state index in [9.17, 15) is 4.39 Å². The molecule has 0 aliphatic heterocycles. The summed E-state index contributed by atoms with van der Waals surface area (Å²) >= 11 is 0. The molecule has 0 amide bonds. The molecule has 0 unspecified atom stereocenters. The summed E-state index contributed by atoms with van der Waals surface area (Å²) in [6.45, 7) is 4.99. The lowest BCUT2D eigenvalue weighted by atomic mass is 10.1. The first-order valence-corrected chi connectivity index (χ1v) is 7.38. The van der Waals surface area contributed by atoms with E-state index >= 15 is 0 Å². The summed E-state index contributed by atoms with van der Waals surface area (Å²) < 4.78 is 24.8. The highest BCUT2D eigenvalue weighted by molar-refractivity contribution is 5.46. The van der Waals surface area contributed by atoms with Gasteiger partial charge in [0.25, 0.3) is 0 Å². The first kappa shape index (κ1) is 16.3. The van der Waals surface area contributed by atoms with E-state index in [0.717, 1.165) is 11.3 Å². The van der Waals surface area contributed by atoms with Crippen molar-refractivity contribution in [3.05, 3.63) is 59.4 Å². The molecule has 22 heavy (non-hydrogen) atoms. The van der Waals surface area contributed by atoms with Gasteiger partial charge in [-0.15, -0.1) is 0 Å². The van der Waals surface area contributed by atoms with Crippen LogP contribution in [0, 0.1) is 5.82 Å². The molecular weight excluding hydrogens is 281 g/mol. The SMILES string of the molecule is COc1cccc(CNCc2ccccc2F)c1OC(C)C. The van der Waals surface area contributed by atoms with Crippen molar-refractivity contribution in [2.75, 3.05) is 7.11 Å². The van der Waals surface area contributed by atoms with Gasteiger partial charge in [0.15, 0.2) is 11.5 Å². The van der Waals surface area contributed by atoms with E-state index in [-0.39, 0.29) is 11.9 Å². The van der Waals surface area contributed by atoms with E-state index in [4.69, 9.17) is 9.47 Å². The molecule has 0 spiro atoms. The normalized spacial score (nSPS) is 10.8. The third-order valence-corrected chi connectivity index (χ3v) is 3.22. The number of nitrogens with one attached hydrogen (secondary N) is 1. The molecule has 0 aliphatic carbocycles. The number of ether oxygens (including phenoxy) is 2. The number of benzene rings is 2. The molecule has 118 valence electrons. The molecule has 0 heterocycles. The van der Waals surface area contributed by atoms with E-state index < -0.39 is 0 Å². The minimum atomic E-state index is -0.195. The van der Waals surface area contributed by atoms with Gasteiger partial charge in [-0.2, -0.15) is 0 Å². The van der Waals surface area contributed by atoms with Crippen molar-refractivity contribution in [3.8, 4) is 11.5 Å². The van der Waals surface area contributed by atoms with Crippen LogP contribution in [0.25, 0.3) is 0 Å². The maximum atomic E-state index is 13.6. The molecule has 0 saturated carbocycles. The van der Waals surface area contributed by atoms with Crippen LogP contribution in [0.15, 0.2) is 42.5 Å². The van der Waals surface area contributed by atoms with Crippen LogP contribution in [0.5, 0.6) is 11.5 Å². The van der Waals surface area contributed by atoms with Crippen molar-refractivity contribution in [3.63, 3.8) is 0 Å². The van der Waals surface area contributed by atoms with Gasteiger partial charge in [0.2, 0.25) is 0 Å². The van der Waals surface area contributed by atoms with E-state index in [0.29, 0.717) is 24.4 Å². The number of halogens is 1. The molecule has 2 aromatic rings.